The van der Waals surface area contributed by atoms with Crippen LogP contribution in [0.15, 0.2) is 66.7 Å². The smallest absolute Gasteiger partial charge is 0.305 e. The van der Waals surface area contributed by atoms with E-state index in [4.69, 9.17) is 11.6 Å². The Morgan fingerprint density at radius 1 is 1.04 bits per heavy atom. The molecule has 2 aromatic carbocycles. The van der Waals surface area contributed by atoms with Crippen molar-refractivity contribution in [3.8, 4) is 11.3 Å². The Balaban J connectivity index is 1.88. The van der Waals surface area contributed by atoms with Gasteiger partial charge in [0.2, 0.25) is 0 Å². The second-order valence-corrected chi connectivity index (χ2v) is 6.44. The predicted molar refractivity (Wildman–Crippen MR) is 104 cm³/mol. The van der Waals surface area contributed by atoms with Crippen molar-refractivity contribution in [2.24, 2.45) is 0 Å². The Bertz CT molecular complexity index is 1030. The van der Waals surface area contributed by atoms with Gasteiger partial charge in [0, 0.05) is 10.6 Å². The van der Waals surface area contributed by atoms with Gasteiger partial charge in [-0.3, -0.25) is 9.59 Å². The fraction of sp³-hybridized carbons (Fsp3) is 0.0952. The molecule has 1 atom stereocenters. The van der Waals surface area contributed by atoms with Crippen molar-refractivity contribution in [1.29, 1.82) is 0 Å². The maximum atomic E-state index is 14.0. The van der Waals surface area contributed by atoms with Gasteiger partial charge in [0.1, 0.15) is 11.5 Å². The number of carbonyl (C=O) groups excluding carboxylic acids is 1. The first-order chi connectivity index (χ1) is 13.5. The van der Waals surface area contributed by atoms with E-state index in [9.17, 15) is 19.1 Å². The number of hydrogen-bond acceptors (Lipinski definition) is 3. The number of carbonyl (C=O) groups is 2. The van der Waals surface area contributed by atoms with Crippen LogP contribution < -0.4 is 5.32 Å². The summed E-state index contributed by atoms with van der Waals surface area (Å²) in [6.07, 6.45) is -0.345. The molecule has 5 nitrogen and oxygen atoms in total. The summed E-state index contributed by atoms with van der Waals surface area (Å²) in [4.78, 5) is 28.1. The predicted octanol–water partition coefficient (Wildman–Crippen LogP) is 4.49. The molecule has 0 bridgehead atoms. The average molecular weight is 399 g/mol. The Kier molecular flexibility index (Phi) is 6.01. The maximum Gasteiger partial charge on any atom is 0.305 e. The monoisotopic (exact) mass is 398 g/mol. The lowest BCUT2D eigenvalue weighted by molar-refractivity contribution is -0.137. The van der Waals surface area contributed by atoms with Crippen LogP contribution in [0.4, 0.5) is 4.39 Å². The largest absolute Gasteiger partial charge is 0.481 e. The van der Waals surface area contributed by atoms with Crippen molar-refractivity contribution in [2.45, 2.75) is 12.5 Å². The number of nitrogens with zero attached hydrogens (tertiary/aromatic N) is 1. The van der Waals surface area contributed by atoms with Crippen LogP contribution in [-0.2, 0) is 4.79 Å². The SMILES string of the molecule is O=C(O)CC(NC(=O)c1cccc(-c2ccccc2F)n1)c1ccccc1Cl. The van der Waals surface area contributed by atoms with E-state index in [2.05, 4.69) is 10.3 Å². The normalized spacial score (nSPS) is 11.6. The lowest BCUT2D eigenvalue weighted by Gasteiger charge is -2.18. The van der Waals surface area contributed by atoms with Crippen molar-refractivity contribution in [3.05, 3.63) is 88.8 Å². The molecule has 7 heteroatoms. The van der Waals surface area contributed by atoms with Crippen molar-refractivity contribution >= 4 is 23.5 Å². The highest BCUT2D eigenvalue weighted by atomic mass is 35.5. The zero-order valence-electron chi connectivity index (χ0n) is 14.6. The lowest BCUT2D eigenvalue weighted by atomic mass is 10.0. The highest BCUT2D eigenvalue weighted by molar-refractivity contribution is 6.31. The average Bonchev–Trinajstić information content (AvgIpc) is 2.68. The summed E-state index contributed by atoms with van der Waals surface area (Å²) in [5.74, 6) is -2.12. The van der Waals surface area contributed by atoms with Crippen molar-refractivity contribution in [1.82, 2.24) is 10.3 Å². The van der Waals surface area contributed by atoms with Gasteiger partial charge in [-0.2, -0.15) is 0 Å². The summed E-state index contributed by atoms with van der Waals surface area (Å²) in [5.41, 5.74) is 1.11. The van der Waals surface area contributed by atoms with Gasteiger partial charge in [-0.25, -0.2) is 9.37 Å². The number of nitrogens with one attached hydrogen (secondary N) is 1. The molecule has 0 saturated carbocycles. The second-order valence-electron chi connectivity index (χ2n) is 6.03. The summed E-state index contributed by atoms with van der Waals surface area (Å²) < 4.78 is 14.0. The highest BCUT2D eigenvalue weighted by Crippen LogP contribution is 2.26. The molecule has 0 aliphatic carbocycles. The number of aliphatic carboxylic acids is 1. The van der Waals surface area contributed by atoms with Crippen molar-refractivity contribution in [2.75, 3.05) is 0 Å². The Morgan fingerprint density at radius 2 is 1.75 bits per heavy atom. The van der Waals surface area contributed by atoms with E-state index in [1.807, 2.05) is 0 Å². The molecule has 1 amide bonds. The molecule has 0 aliphatic heterocycles. The van der Waals surface area contributed by atoms with Gasteiger partial charge in [0.25, 0.3) is 5.91 Å². The molecule has 0 saturated heterocycles. The summed E-state index contributed by atoms with van der Waals surface area (Å²) in [6, 6.07) is 16.6. The number of aromatic nitrogens is 1. The van der Waals surface area contributed by atoms with Gasteiger partial charge in [0.15, 0.2) is 0 Å². The summed E-state index contributed by atoms with van der Waals surface area (Å²) in [7, 11) is 0. The van der Waals surface area contributed by atoms with Crippen LogP contribution in [0.25, 0.3) is 11.3 Å². The summed E-state index contributed by atoms with van der Waals surface area (Å²) in [6.45, 7) is 0. The van der Waals surface area contributed by atoms with Crippen LogP contribution >= 0.6 is 11.6 Å². The fourth-order valence-electron chi connectivity index (χ4n) is 2.78. The van der Waals surface area contributed by atoms with Crippen LogP contribution in [0.5, 0.6) is 0 Å². The Labute approximate surface area is 165 Å². The van der Waals surface area contributed by atoms with Crippen molar-refractivity contribution < 1.29 is 19.1 Å². The first-order valence-electron chi connectivity index (χ1n) is 8.44. The molecule has 1 unspecified atom stereocenters. The molecule has 1 aromatic heterocycles. The van der Waals surface area contributed by atoms with Crippen LogP contribution in [0.3, 0.4) is 0 Å². The zero-order valence-corrected chi connectivity index (χ0v) is 15.4. The minimum absolute atomic E-state index is 0.0446. The molecule has 3 rings (SSSR count). The van der Waals surface area contributed by atoms with Gasteiger partial charge in [-0.1, -0.05) is 48.0 Å². The molecule has 0 radical (unpaired) electrons. The van der Waals surface area contributed by atoms with Crippen molar-refractivity contribution in [3.63, 3.8) is 0 Å². The molecule has 1 heterocycles. The van der Waals surface area contributed by atoms with E-state index in [1.165, 1.54) is 12.1 Å². The molecule has 0 fully saturated rings. The van der Waals surface area contributed by atoms with E-state index in [0.29, 0.717) is 16.3 Å². The number of benzene rings is 2. The highest BCUT2D eigenvalue weighted by Gasteiger charge is 2.22. The number of carboxylic acids is 1. The third kappa shape index (κ3) is 4.53. The van der Waals surface area contributed by atoms with Gasteiger partial charge in [-0.05, 0) is 35.9 Å². The van der Waals surface area contributed by atoms with E-state index in [0.717, 1.165) is 0 Å². The minimum atomic E-state index is -1.08. The number of rotatable bonds is 6. The standard InChI is InChI=1S/C21H16ClFN2O3/c22-15-8-3-1-6-13(15)19(12-20(26)27)25-21(28)18-11-5-10-17(24-18)14-7-2-4-9-16(14)23/h1-11,19H,12H2,(H,25,28)(H,26,27). The quantitative estimate of drug-likeness (QED) is 0.641. The summed E-state index contributed by atoms with van der Waals surface area (Å²) in [5, 5.41) is 12.2. The second kappa shape index (κ2) is 8.63. The van der Waals surface area contributed by atoms with Crippen LogP contribution in [0.2, 0.25) is 5.02 Å². The molecule has 0 aliphatic rings. The molecule has 28 heavy (non-hydrogen) atoms. The van der Waals surface area contributed by atoms with E-state index in [1.54, 1.807) is 54.6 Å². The number of pyridine rings is 1. The lowest BCUT2D eigenvalue weighted by Crippen LogP contribution is -2.31. The molecular formula is C21H16ClFN2O3. The summed E-state index contributed by atoms with van der Waals surface area (Å²) >= 11 is 6.15. The minimum Gasteiger partial charge on any atom is -0.481 e. The fourth-order valence-corrected chi connectivity index (χ4v) is 3.05. The van der Waals surface area contributed by atoms with Gasteiger partial charge >= 0.3 is 5.97 Å². The molecule has 3 aromatic rings. The van der Waals surface area contributed by atoms with Crippen LogP contribution in [-0.4, -0.2) is 22.0 Å². The molecule has 0 spiro atoms. The van der Waals surface area contributed by atoms with Gasteiger partial charge in [0.05, 0.1) is 18.2 Å². The third-order valence-electron chi connectivity index (χ3n) is 4.10. The third-order valence-corrected chi connectivity index (χ3v) is 4.44. The zero-order chi connectivity index (χ0) is 20.1. The first kappa shape index (κ1) is 19.5. The molecule has 2 N–H and O–H groups in total. The maximum absolute atomic E-state index is 14.0. The van der Waals surface area contributed by atoms with E-state index in [-0.39, 0.29) is 17.7 Å². The van der Waals surface area contributed by atoms with Gasteiger partial charge < -0.3 is 10.4 Å². The number of hydrogen-bond donors (Lipinski definition) is 2. The number of amides is 1. The molecular weight excluding hydrogens is 383 g/mol. The number of carboxylic acid groups (broad SMARTS) is 1. The number of halogens is 2. The Morgan fingerprint density at radius 3 is 2.46 bits per heavy atom. The van der Waals surface area contributed by atoms with Crippen LogP contribution in [0.1, 0.15) is 28.5 Å². The van der Waals surface area contributed by atoms with Crippen LogP contribution in [0, 0.1) is 5.82 Å². The van der Waals surface area contributed by atoms with E-state index >= 15 is 0 Å². The first-order valence-corrected chi connectivity index (χ1v) is 8.82. The topological polar surface area (TPSA) is 79.3 Å². The van der Waals surface area contributed by atoms with E-state index < -0.39 is 23.7 Å². The van der Waals surface area contributed by atoms with Gasteiger partial charge in [-0.15, -0.1) is 0 Å². The molecule has 142 valence electrons. The Hall–Kier alpha value is -3.25.